The molecule has 2 rings (SSSR count). The fourth-order valence-corrected chi connectivity index (χ4v) is 2.68. The summed E-state index contributed by atoms with van der Waals surface area (Å²) in [5, 5.41) is 3.11. The molecule has 108 valence electrons. The minimum Gasteiger partial charge on any atom is -0.382 e. The molecule has 20 heavy (non-hydrogen) atoms. The van der Waals surface area contributed by atoms with Gasteiger partial charge in [-0.05, 0) is 18.2 Å². The molecule has 0 spiro atoms. The van der Waals surface area contributed by atoms with E-state index in [1.54, 1.807) is 18.4 Å². The van der Waals surface area contributed by atoms with E-state index in [2.05, 4.69) is 28.6 Å². The molecule has 5 heteroatoms. The minimum absolute atomic E-state index is 0.595. The molecule has 0 aliphatic carbocycles. The van der Waals surface area contributed by atoms with E-state index in [-0.39, 0.29) is 0 Å². The smallest absolute Gasteiger partial charge is 0.123 e. The first-order valence-corrected chi connectivity index (χ1v) is 7.52. The Hall–Kier alpha value is -1.27. The Bertz CT molecular complexity index is 528. The van der Waals surface area contributed by atoms with Crippen LogP contribution >= 0.6 is 11.3 Å². The number of aromatic nitrogens is 1. The van der Waals surface area contributed by atoms with E-state index in [0.717, 1.165) is 28.2 Å². The van der Waals surface area contributed by atoms with E-state index in [1.807, 2.05) is 6.07 Å². The molecule has 4 nitrogen and oxygen atoms in total. The van der Waals surface area contributed by atoms with E-state index >= 15 is 0 Å². The Balaban J connectivity index is 2.00. The molecule has 0 radical (unpaired) electrons. The maximum atomic E-state index is 5.55. The summed E-state index contributed by atoms with van der Waals surface area (Å²) in [7, 11) is 1.67. The van der Waals surface area contributed by atoms with Crippen molar-refractivity contribution in [1.82, 2.24) is 4.98 Å². The lowest BCUT2D eigenvalue weighted by molar-refractivity contribution is 0.0617. The standard InChI is InChI=1S/C15H20N2O2S/c1-18-7-8-19-10-12-3-2-4-13(9-12)15-17-14(5-6-16)11-20-15/h2-4,9,11H,5-8,10,16H2,1H3. The lowest BCUT2D eigenvalue weighted by Gasteiger charge is -2.05. The minimum atomic E-state index is 0.595. The SMILES string of the molecule is COCCOCc1cccc(-c2nc(CCN)cs2)c1. The molecule has 0 saturated heterocycles. The number of nitrogens with zero attached hydrogens (tertiary/aromatic N) is 1. The molecule has 1 aromatic heterocycles. The van der Waals surface area contributed by atoms with Gasteiger partial charge in [0.15, 0.2) is 0 Å². The van der Waals surface area contributed by atoms with Gasteiger partial charge in [-0.2, -0.15) is 0 Å². The molecule has 0 aliphatic rings. The van der Waals surface area contributed by atoms with Gasteiger partial charge in [-0.25, -0.2) is 4.98 Å². The summed E-state index contributed by atoms with van der Waals surface area (Å²) < 4.78 is 10.5. The number of hydrogen-bond donors (Lipinski definition) is 1. The Morgan fingerprint density at radius 3 is 3.00 bits per heavy atom. The third-order valence-corrected chi connectivity index (χ3v) is 3.77. The van der Waals surface area contributed by atoms with Crippen molar-refractivity contribution in [3.8, 4) is 10.6 Å². The molecule has 0 atom stereocenters. The zero-order valence-corrected chi connectivity index (χ0v) is 12.5. The number of rotatable bonds is 8. The van der Waals surface area contributed by atoms with Gasteiger partial charge in [0.1, 0.15) is 5.01 Å². The van der Waals surface area contributed by atoms with E-state index in [0.29, 0.717) is 26.4 Å². The lowest BCUT2D eigenvalue weighted by Crippen LogP contribution is -2.02. The zero-order chi connectivity index (χ0) is 14.2. The second kappa shape index (κ2) is 8.11. The molecule has 0 amide bonds. The molecule has 0 bridgehead atoms. The first kappa shape index (κ1) is 15.1. The molecular weight excluding hydrogens is 272 g/mol. The lowest BCUT2D eigenvalue weighted by atomic mass is 10.1. The first-order valence-electron chi connectivity index (χ1n) is 6.64. The fourth-order valence-electron chi connectivity index (χ4n) is 1.83. The third-order valence-electron chi connectivity index (χ3n) is 2.83. The van der Waals surface area contributed by atoms with Crippen LogP contribution < -0.4 is 5.73 Å². The molecule has 2 aromatic rings. The van der Waals surface area contributed by atoms with Gasteiger partial charge in [0, 0.05) is 24.5 Å². The number of ether oxygens (including phenoxy) is 2. The van der Waals surface area contributed by atoms with Gasteiger partial charge < -0.3 is 15.2 Å². The summed E-state index contributed by atoms with van der Waals surface area (Å²) in [5.41, 5.74) is 8.89. The van der Waals surface area contributed by atoms with Crippen molar-refractivity contribution in [2.24, 2.45) is 5.73 Å². The van der Waals surface area contributed by atoms with Gasteiger partial charge in [0.25, 0.3) is 0 Å². The van der Waals surface area contributed by atoms with Crippen molar-refractivity contribution in [3.63, 3.8) is 0 Å². The summed E-state index contributed by atoms with van der Waals surface area (Å²) >= 11 is 1.66. The van der Waals surface area contributed by atoms with Crippen molar-refractivity contribution >= 4 is 11.3 Å². The molecule has 0 fully saturated rings. The van der Waals surface area contributed by atoms with E-state index in [4.69, 9.17) is 15.2 Å². The molecule has 0 aliphatic heterocycles. The topological polar surface area (TPSA) is 57.4 Å². The normalized spacial score (nSPS) is 10.9. The highest BCUT2D eigenvalue weighted by molar-refractivity contribution is 7.13. The molecule has 0 saturated carbocycles. The number of methoxy groups -OCH3 is 1. The average Bonchev–Trinajstić information content (AvgIpc) is 2.93. The Kier molecular flexibility index (Phi) is 6.14. The highest BCUT2D eigenvalue weighted by atomic mass is 32.1. The summed E-state index contributed by atoms with van der Waals surface area (Å²) in [6.07, 6.45) is 0.830. The van der Waals surface area contributed by atoms with Crippen LogP contribution in [0.3, 0.4) is 0 Å². The molecular formula is C15H20N2O2S. The summed E-state index contributed by atoms with van der Waals surface area (Å²) in [6, 6.07) is 8.29. The average molecular weight is 292 g/mol. The molecule has 1 aromatic carbocycles. The third kappa shape index (κ3) is 4.38. The Morgan fingerprint density at radius 2 is 2.20 bits per heavy atom. The maximum Gasteiger partial charge on any atom is 0.123 e. The van der Waals surface area contributed by atoms with Crippen molar-refractivity contribution < 1.29 is 9.47 Å². The first-order chi connectivity index (χ1) is 9.83. The molecule has 1 heterocycles. The number of thiazole rings is 1. The van der Waals surface area contributed by atoms with Crippen molar-refractivity contribution in [2.75, 3.05) is 26.9 Å². The van der Waals surface area contributed by atoms with Crippen LogP contribution in [0.1, 0.15) is 11.3 Å². The van der Waals surface area contributed by atoms with E-state index in [1.165, 1.54) is 0 Å². The predicted octanol–water partition coefficient (Wildman–Crippen LogP) is 2.47. The zero-order valence-electron chi connectivity index (χ0n) is 11.7. The Labute approximate surface area is 123 Å². The number of hydrogen-bond acceptors (Lipinski definition) is 5. The number of nitrogens with two attached hydrogens (primary N) is 1. The van der Waals surface area contributed by atoms with E-state index < -0.39 is 0 Å². The van der Waals surface area contributed by atoms with Crippen molar-refractivity contribution in [1.29, 1.82) is 0 Å². The van der Waals surface area contributed by atoms with Gasteiger partial charge in [0.05, 0.1) is 25.5 Å². The van der Waals surface area contributed by atoms with E-state index in [9.17, 15) is 0 Å². The maximum absolute atomic E-state index is 5.55. The van der Waals surface area contributed by atoms with Crippen molar-refractivity contribution in [3.05, 3.63) is 40.9 Å². The van der Waals surface area contributed by atoms with Crippen LogP contribution in [0.15, 0.2) is 29.6 Å². The molecule has 0 unspecified atom stereocenters. The van der Waals surface area contributed by atoms with Crippen LogP contribution in [0, 0.1) is 0 Å². The van der Waals surface area contributed by atoms with Crippen LogP contribution in [-0.4, -0.2) is 31.9 Å². The predicted molar refractivity (Wildman–Crippen MR) is 81.8 cm³/mol. The fraction of sp³-hybridized carbons (Fsp3) is 0.400. The van der Waals surface area contributed by atoms with Gasteiger partial charge in [0.2, 0.25) is 0 Å². The highest BCUT2D eigenvalue weighted by Gasteiger charge is 2.05. The highest BCUT2D eigenvalue weighted by Crippen LogP contribution is 2.24. The van der Waals surface area contributed by atoms with Crippen LogP contribution in [0.25, 0.3) is 10.6 Å². The Morgan fingerprint density at radius 1 is 1.30 bits per heavy atom. The van der Waals surface area contributed by atoms with Gasteiger partial charge in [-0.1, -0.05) is 18.2 Å². The second-order valence-corrected chi connectivity index (χ2v) is 5.29. The second-order valence-electron chi connectivity index (χ2n) is 4.43. The monoisotopic (exact) mass is 292 g/mol. The van der Waals surface area contributed by atoms with Gasteiger partial charge >= 0.3 is 0 Å². The van der Waals surface area contributed by atoms with Crippen LogP contribution in [0.5, 0.6) is 0 Å². The molecule has 2 N–H and O–H groups in total. The van der Waals surface area contributed by atoms with Gasteiger partial charge in [-0.15, -0.1) is 11.3 Å². The summed E-state index contributed by atoms with van der Waals surface area (Å²) in [6.45, 7) is 2.46. The van der Waals surface area contributed by atoms with Gasteiger partial charge in [-0.3, -0.25) is 0 Å². The summed E-state index contributed by atoms with van der Waals surface area (Å²) in [5.74, 6) is 0. The number of benzene rings is 1. The van der Waals surface area contributed by atoms with Crippen LogP contribution in [0.2, 0.25) is 0 Å². The quantitative estimate of drug-likeness (QED) is 0.759. The largest absolute Gasteiger partial charge is 0.382 e. The van der Waals surface area contributed by atoms with Crippen LogP contribution in [-0.2, 0) is 22.5 Å². The van der Waals surface area contributed by atoms with Crippen LogP contribution in [0.4, 0.5) is 0 Å². The summed E-state index contributed by atoms with van der Waals surface area (Å²) in [4.78, 5) is 4.60. The van der Waals surface area contributed by atoms with Crippen molar-refractivity contribution in [2.45, 2.75) is 13.0 Å².